The minimum absolute atomic E-state index is 0.0291. The number of anilines is 1. The van der Waals surface area contributed by atoms with Crippen LogP contribution in [0.3, 0.4) is 0 Å². The number of carbonyl (C=O) groups is 2. The highest BCUT2D eigenvalue weighted by Crippen LogP contribution is 2.24. The number of carbonyl (C=O) groups excluding carboxylic acids is 2. The Labute approximate surface area is 144 Å². The van der Waals surface area contributed by atoms with Crippen LogP contribution in [-0.4, -0.2) is 23.3 Å². The van der Waals surface area contributed by atoms with Crippen molar-refractivity contribution >= 4 is 29.1 Å². The molecule has 0 bridgehead atoms. The van der Waals surface area contributed by atoms with Gasteiger partial charge in [0.05, 0.1) is 11.6 Å². The largest absolute Gasteiger partial charge is 0.338 e. The average molecular weight is 347 g/mol. The summed E-state index contributed by atoms with van der Waals surface area (Å²) in [6.45, 7) is 0.788. The molecule has 124 valence electrons. The van der Waals surface area contributed by atoms with E-state index in [0.29, 0.717) is 18.1 Å². The lowest BCUT2D eigenvalue weighted by Crippen LogP contribution is -2.28. The molecular formula is C18H16ClFN2O2. The molecule has 1 fully saturated rings. The fourth-order valence-corrected chi connectivity index (χ4v) is 2.90. The first-order valence-corrected chi connectivity index (χ1v) is 7.98. The lowest BCUT2D eigenvalue weighted by molar-refractivity contribution is -0.128. The van der Waals surface area contributed by atoms with Gasteiger partial charge in [-0.3, -0.25) is 9.59 Å². The number of hydrogen-bond acceptors (Lipinski definition) is 2. The van der Waals surface area contributed by atoms with Crippen LogP contribution in [0.25, 0.3) is 0 Å². The fraction of sp³-hybridized carbons (Fsp3) is 0.222. The molecule has 0 spiro atoms. The second kappa shape index (κ2) is 7.01. The van der Waals surface area contributed by atoms with Gasteiger partial charge in [0.2, 0.25) is 11.8 Å². The van der Waals surface area contributed by atoms with Crippen molar-refractivity contribution in [3.8, 4) is 0 Å². The highest BCUT2D eigenvalue weighted by atomic mass is 35.5. The predicted molar refractivity (Wildman–Crippen MR) is 90.0 cm³/mol. The van der Waals surface area contributed by atoms with Crippen LogP contribution in [0.4, 0.5) is 10.1 Å². The molecule has 0 radical (unpaired) electrons. The smallest absolute Gasteiger partial charge is 0.229 e. The third kappa shape index (κ3) is 3.74. The van der Waals surface area contributed by atoms with Crippen LogP contribution < -0.4 is 5.32 Å². The van der Waals surface area contributed by atoms with E-state index in [1.54, 1.807) is 4.90 Å². The normalized spacial score (nSPS) is 17.2. The second-order valence-electron chi connectivity index (χ2n) is 5.77. The highest BCUT2D eigenvalue weighted by molar-refractivity contribution is 6.30. The van der Waals surface area contributed by atoms with E-state index in [-0.39, 0.29) is 23.9 Å². The Morgan fingerprint density at radius 1 is 1.25 bits per heavy atom. The zero-order valence-corrected chi connectivity index (χ0v) is 13.6. The van der Waals surface area contributed by atoms with E-state index < -0.39 is 11.7 Å². The number of likely N-dealkylation sites (tertiary alicyclic amines) is 1. The summed E-state index contributed by atoms with van der Waals surface area (Å²) in [4.78, 5) is 26.1. The molecule has 6 heteroatoms. The van der Waals surface area contributed by atoms with Crippen LogP contribution in [-0.2, 0) is 16.1 Å². The molecule has 1 saturated heterocycles. The van der Waals surface area contributed by atoms with Crippen molar-refractivity contribution in [2.45, 2.75) is 13.0 Å². The maximum absolute atomic E-state index is 13.7. The topological polar surface area (TPSA) is 49.4 Å². The summed E-state index contributed by atoms with van der Waals surface area (Å²) in [7, 11) is 0. The summed E-state index contributed by atoms with van der Waals surface area (Å²) >= 11 is 5.82. The van der Waals surface area contributed by atoms with Crippen LogP contribution in [0.5, 0.6) is 0 Å². The van der Waals surface area contributed by atoms with Crippen molar-refractivity contribution in [1.82, 2.24) is 4.90 Å². The predicted octanol–water partition coefficient (Wildman–Crippen LogP) is 3.47. The Bertz CT molecular complexity index is 767. The quantitative estimate of drug-likeness (QED) is 0.921. The number of benzene rings is 2. The molecule has 0 saturated carbocycles. The Morgan fingerprint density at radius 3 is 2.75 bits per heavy atom. The molecule has 2 amide bonds. The lowest BCUT2D eigenvalue weighted by atomic mass is 10.1. The fourth-order valence-electron chi connectivity index (χ4n) is 2.73. The Morgan fingerprint density at radius 2 is 2.00 bits per heavy atom. The van der Waals surface area contributed by atoms with Gasteiger partial charge in [0.1, 0.15) is 5.82 Å². The third-order valence-electron chi connectivity index (χ3n) is 3.99. The minimum atomic E-state index is -0.557. The Balaban J connectivity index is 1.64. The van der Waals surface area contributed by atoms with Crippen LogP contribution >= 0.6 is 11.6 Å². The van der Waals surface area contributed by atoms with Gasteiger partial charge < -0.3 is 10.2 Å². The van der Waals surface area contributed by atoms with Gasteiger partial charge in [-0.05, 0) is 23.8 Å². The molecule has 0 aliphatic carbocycles. The van der Waals surface area contributed by atoms with Gasteiger partial charge in [-0.2, -0.15) is 0 Å². The number of nitrogens with one attached hydrogen (secondary N) is 1. The first-order chi connectivity index (χ1) is 11.5. The van der Waals surface area contributed by atoms with Gasteiger partial charge in [0, 0.05) is 24.5 Å². The van der Waals surface area contributed by atoms with Crippen molar-refractivity contribution in [2.75, 3.05) is 11.9 Å². The van der Waals surface area contributed by atoms with Gasteiger partial charge in [0.25, 0.3) is 0 Å². The van der Waals surface area contributed by atoms with Gasteiger partial charge in [0.15, 0.2) is 0 Å². The highest BCUT2D eigenvalue weighted by Gasteiger charge is 2.34. The third-order valence-corrected chi connectivity index (χ3v) is 4.22. The monoisotopic (exact) mass is 346 g/mol. The molecule has 0 aromatic heterocycles. The average Bonchev–Trinajstić information content (AvgIpc) is 2.93. The summed E-state index contributed by atoms with van der Waals surface area (Å²) in [5.74, 6) is -1.51. The maximum atomic E-state index is 13.7. The van der Waals surface area contributed by atoms with Crippen LogP contribution in [0.15, 0.2) is 48.5 Å². The molecule has 2 aromatic carbocycles. The molecule has 2 aromatic rings. The van der Waals surface area contributed by atoms with Gasteiger partial charge in [-0.15, -0.1) is 0 Å². The lowest BCUT2D eigenvalue weighted by Gasteiger charge is -2.16. The van der Waals surface area contributed by atoms with Gasteiger partial charge >= 0.3 is 0 Å². The molecule has 1 aliphatic heterocycles. The zero-order valence-electron chi connectivity index (χ0n) is 12.8. The molecule has 1 atom stereocenters. The number of halogens is 2. The first-order valence-electron chi connectivity index (χ1n) is 7.60. The van der Waals surface area contributed by atoms with Crippen LogP contribution in [0.1, 0.15) is 12.0 Å². The van der Waals surface area contributed by atoms with E-state index in [4.69, 9.17) is 11.6 Å². The molecule has 0 unspecified atom stereocenters. The Hall–Kier alpha value is -2.40. The van der Waals surface area contributed by atoms with E-state index in [2.05, 4.69) is 5.32 Å². The summed E-state index contributed by atoms with van der Waals surface area (Å²) in [5, 5.41) is 2.85. The number of amides is 2. The van der Waals surface area contributed by atoms with Gasteiger partial charge in [-0.1, -0.05) is 41.9 Å². The molecule has 1 N–H and O–H groups in total. The van der Waals surface area contributed by atoms with Crippen molar-refractivity contribution in [1.29, 1.82) is 0 Å². The summed E-state index contributed by atoms with van der Waals surface area (Å²) in [6.07, 6.45) is 0.126. The van der Waals surface area contributed by atoms with Crippen LogP contribution in [0, 0.1) is 11.7 Å². The van der Waals surface area contributed by atoms with Crippen molar-refractivity contribution in [3.63, 3.8) is 0 Å². The van der Waals surface area contributed by atoms with Crippen molar-refractivity contribution in [2.24, 2.45) is 5.92 Å². The van der Waals surface area contributed by atoms with Gasteiger partial charge in [-0.25, -0.2) is 4.39 Å². The molecule has 4 nitrogen and oxygen atoms in total. The molecule has 3 rings (SSSR count). The maximum Gasteiger partial charge on any atom is 0.229 e. The van der Waals surface area contributed by atoms with E-state index >= 15 is 0 Å². The standard InChI is InChI=1S/C18H16ClFN2O2/c19-14-6-7-15(20)16(9-14)21-18(24)13-8-17(23)22(11-13)10-12-4-2-1-3-5-12/h1-7,9,13H,8,10-11H2,(H,21,24)/t13-/m0/s1. The first kappa shape index (κ1) is 16.5. The summed E-state index contributed by atoms with van der Waals surface area (Å²) in [5.41, 5.74) is 1.04. The molecule has 24 heavy (non-hydrogen) atoms. The van der Waals surface area contributed by atoms with Crippen molar-refractivity contribution < 1.29 is 14.0 Å². The van der Waals surface area contributed by atoms with Crippen LogP contribution in [0.2, 0.25) is 5.02 Å². The summed E-state index contributed by atoms with van der Waals surface area (Å²) < 4.78 is 13.7. The summed E-state index contributed by atoms with van der Waals surface area (Å²) in [6, 6.07) is 13.5. The van der Waals surface area contributed by atoms with E-state index in [1.807, 2.05) is 30.3 Å². The number of hydrogen-bond donors (Lipinski definition) is 1. The zero-order chi connectivity index (χ0) is 17.1. The van der Waals surface area contributed by atoms with E-state index in [9.17, 15) is 14.0 Å². The van der Waals surface area contributed by atoms with E-state index in [1.165, 1.54) is 18.2 Å². The Kier molecular flexibility index (Phi) is 4.81. The molecule has 1 aliphatic rings. The number of nitrogens with zero attached hydrogens (tertiary/aromatic N) is 1. The molecular weight excluding hydrogens is 331 g/mol. The van der Waals surface area contributed by atoms with Crippen molar-refractivity contribution in [3.05, 3.63) is 64.9 Å². The van der Waals surface area contributed by atoms with E-state index in [0.717, 1.165) is 5.56 Å². The SMILES string of the molecule is O=C(Nc1cc(Cl)ccc1F)[C@H]1CC(=O)N(Cc2ccccc2)C1. The minimum Gasteiger partial charge on any atom is -0.338 e. The number of rotatable bonds is 4. The molecule has 1 heterocycles. The second-order valence-corrected chi connectivity index (χ2v) is 6.21.